The standard InChI is InChI=1S/C20H30N2O3S/c1-16-9-10-20(17(2)15-16)26(24,25)21-12-14-22(18(3)23)13-11-19-7-5-4-6-8-19/h7,9-10,15,21H,4-6,8,11-14H2,1-3H3. The number of sulfonamides is 1. The van der Waals surface area contributed by atoms with Crippen molar-refractivity contribution in [2.24, 2.45) is 0 Å². The van der Waals surface area contributed by atoms with Crippen molar-refractivity contribution in [3.05, 3.63) is 41.0 Å². The van der Waals surface area contributed by atoms with Gasteiger partial charge in [0.2, 0.25) is 15.9 Å². The first-order valence-corrected chi connectivity index (χ1v) is 10.8. The summed E-state index contributed by atoms with van der Waals surface area (Å²) in [5, 5.41) is 0. The molecule has 0 bridgehead atoms. The van der Waals surface area contributed by atoms with Gasteiger partial charge in [0.25, 0.3) is 0 Å². The molecule has 6 heteroatoms. The Morgan fingerprint density at radius 2 is 1.96 bits per heavy atom. The van der Waals surface area contributed by atoms with Crippen molar-refractivity contribution < 1.29 is 13.2 Å². The predicted octanol–water partition coefficient (Wildman–Crippen LogP) is 3.32. The van der Waals surface area contributed by atoms with Crippen molar-refractivity contribution in [2.75, 3.05) is 19.6 Å². The lowest BCUT2D eigenvalue weighted by Crippen LogP contribution is -2.38. The number of aryl methyl sites for hydroxylation is 2. The van der Waals surface area contributed by atoms with E-state index in [1.54, 1.807) is 24.0 Å². The van der Waals surface area contributed by atoms with Crippen LogP contribution in [0.1, 0.15) is 50.2 Å². The molecule has 0 unspecified atom stereocenters. The Labute approximate surface area is 157 Å². The minimum Gasteiger partial charge on any atom is -0.341 e. The van der Waals surface area contributed by atoms with Crippen LogP contribution in [0.15, 0.2) is 34.7 Å². The summed E-state index contributed by atoms with van der Waals surface area (Å²) in [6.45, 7) is 6.51. The topological polar surface area (TPSA) is 66.5 Å². The molecule has 1 aliphatic carbocycles. The zero-order valence-corrected chi connectivity index (χ0v) is 16.9. The van der Waals surface area contributed by atoms with E-state index in [1.165, 1.54) is 25.3 Å². The fourth-order valence-electron chi connectivity index (χ4n) is 3.33. The van der Waals surface area contributed by atoms with Crippen LogP contribution in [0.3, 0.4) is 0 Å². The van der Waals surface area contributed by atoms with Crippen molar-refractivity contribution in [3.8, 4) is 0 Å². The molecule has 0 radical (unpaired) electrons. The Morgan fingerprint density at radius 1 is 1.19 bits per heavy atom. The molecule has 1 aromatic carbocycles. The molecule has 1 amide bonds. The van der Waals surface area contributed by atoms with Gasteiger partial charge in [-0.3, -0.25) is 4.79 Å². The summed E-state index contributed by atoms with van der Waals surface area (Å²) in [7, 11) is -3.56. The van der Waals surface area contributed by atoms with E-state index in [1.807, 2.05) is 13.0 Å². The third-order valence-electron chi connectivity index (χ3n) is 4.83. The van der Waals surface area contributed by atoms with E-state index >= 15 is 0 Å². The van der Waals surface area contributed by atoms with E-state index in [-0.39, 0.29) is 12.5 Å². The molecule has 144 valence electrons. The van der Waals surface area contributed by atoms with Gasteiger partial charge in [-0.05, 0) is 57.6 Å². The van der Waals surface area contributed by atoms with Crippen molar-refractivity contribution in [3.63, 3.8) is 0 Å². The summed E-state index contributed by atoms with van der Waals surface area (Å²) in [5.41, 5.74) is 3.17. The van der Waals surface area contributed by atoms with Gasteiger partial charge in [-0.15, -0.1) is 0 Å². The Hall–Kier alpha value is -1.66. The average molecular weight is 379 g/mol. The average Bonchev–Trinajstić information content (AvgIpc) is 2.58. The predicted molar refractivity (Wildman–Crippen MR) is 105 cm³/mol. The highest BCUT2D eigenvalue weighted by atomic mass is 32.2. The van der Waals surface area contributed by atoms with Crippen molar-refractivity contribution in [1.29, 1.82) is 0 Å². The van der Waals surface area contributed by atoms with Gasteiger partial charge in [0.1, 0.15) is 0 Å². The van der Waals surface area contributed by atoms with E-state index in [9.17, 15) is 13.2 Å². The summed E-state index contributed by atoms with van der Waals surface area (Å²) in [4.78, 5) is 13.9. The molecule has 0 aliphatic heterocycles. The van der Waals surface area contributed by atoms with Gasteiger partial charge >= 0.3 is 0 Å². The molecule has 0 fully saturated rings. The molecular weight excluding hydrogens is 348 g/mol. The lowest BCUT2D eigenvalue weighted by Gasteiger charge is -2.23. The molecule has 0 heterocycles. The third-order valence-corrected chi connectivity index (χ3v) is 6.45. The molecule has 0 saturated heterocycles. The van der Waals surface area contributed by atoms with Crippen LogP contribution in [0.5, 0.6) is 0 Å². The Morgan fingerprint density at radius 3 is 2.58 bits per heavy atom. The number of hydrogen-bond donors (Lipinski definition) is 1. The number of nitrogens with zero attached hydrogens (tertiary/aromatic N) is 1. The minimum absolute atomic E-state index is 0.0212. The van der Waals surface area contributed by atoms with Gasteiger partial charge in [0, 0.05) is 26.6 Å². The second-order valence-corrected chi connectivity index (χ2v) is 8.77. The molecule has 0 saturated carbocycles. The lowest BCUT2D eigenvalue weighted by molar-refractivity contribution is -0.128. The number of rotatable bonds is 8. The molecule has 26 heavy (non-hydrogen) atoms. The Balaban J connectivity index is 1.90. The fraction of sp³-hybridized carbons (Fsp3) is 0.550. The number of allylic oxidation sites excluding steroid dienone is 1. The van der Waals surface area contributed by atoms with E-state index in [4.69, 9.17) is 0 Å². The van der Waals surface area contributed by atoms with Crippen LogP contribution in [0.4, 0.5) is 0 Å². The molecule has 0 atom stereocenters. The lowest BCUT2D eigenvalue weighted by atomic mass is 9.97. The molecule has 5 nitrogen and oxygen atoms in total. The Kier molecular flexibility index (Phi) is 7.41. The molecule has 2 rings (SSSR count). The highest BCUT2D eigenvalue weighted by Crippen LogP contribution is 2.20. The first-order valence-electron chi connectivity index (χ1n) is 9.30. The van der Waals surface area contributed by atoms with Crippen molar-refractivity contribution in [2.45, 2.75) is 57.8 Å². The molecule has 1 aromatic rings. The van der Waals surface area contributed by atoms with Gasteiger partial charge < -0.3 is 4.90 Å². The molecule has 0 spiro atoms. The first kappa shape index (κ1) is 20.6. The zero-order chi connectivity index (χ0) is 19.2. The van der Waals surface area contributed by atoms with Crippen LogP contribution >= 0.6 is 0 Å². The highest BCUT2D eigenvalue weighted by Gasteiger charge is 2.17. The van der Waals surface area contributed by atoms with Gasteiger partial charge in [0.15, 0.2) is 0 Å². The van der Waals surface area contributed by atoms with Crippen LogP contribution in [0.25, 0.3) is 0 Å². The van der Waals surface area contributed by atoms with Gasteiger partial charge in [-0.25, -0.2) is 13.1 Å². The normalized spacial score (nSPS) is 14.8. The summed E-state index contributed by atoms with van der Waals surface area (Å²) >= 11 is 0. The summed E-state index contributed by atoms with van der Waals surface area (Å²) in [5.74, 6) is -0.0212. The molecule has 1 aliphatic rings. The van der Waals surface area contributed by atoms with E-state index < -0.39 is 10.0 Å². The maximum atomic E-state index is 12.5. The van der Waals surface area contributed by atoms with Gasteiger partial charge in [-0.2, -0.15) is 0 Å². The number of carbonyl (C=O) groups is 1. The zero-order valence-electron chi connectivity index (χ0n) is 16.0. The van der Waals surface area contributed by atoms with Gasteiger partial charge in [-0.1, -0.05) is 29.3 Å². The summed E-state index contributed by atoms with van der Waals surface area (Å²) < 4.78 is 27.6. The number of carbonyl (C=O) groups excluding carboxylic acids is 1. The largest absolute Gasteiger partial charge is 0.341 e. The number of benzene rings is 1. The monoisotopic (exact) mass is 378 g/mol. The number of amides is 1. The molecule has 0 aromatic heterocycles. The van der Waals surface area contributed by atoms with Crippen LogP contribution in [0.2, 0.25) is 0 Å². The van der Waals surface area contributed by atoms with Crippen LogP contribution in [-0.2, 0) is 14.8 Å². The SMILES string of the molecule is CC(=O)N(CCNS(=O)(=O)c1ccc(C)cc1C)CCC1=CCCCC1. The molecular formula is C20H30N2O3S. The minimum atomic E-state index is -3.56. The van der Waals surface area contributed by atoms with Crippen molar-refractivity contribution >= 4 is 15.9 Å². The van der Waals surface area contributed by atoms with E-state index in [0.29, 0.717) is 18.0 Å². The first-order chi connectivity index (χ1) is 12.3. The Bertz CT molecular complexity index is 769. The van der Waals surface area contributed by atoms with E-state index in [2.05, 4.69) is 10.8 Å². The fourth-order valence-corrected chi connectivity index (χ4v) is 4.58. The summed E-state index contributed by atoms with van der Waals surface area (Å²) in [6, 6.07) is 5.28. The second-order valence-electron chi connectivity index (χ2n) is 7.03. The molecule has 1 N–H and O–H groups in total. The van der Waals surface area contributed by atoms with Crippen LogP contribution in [-0.4, -0.2) is 38.9 Å². The quantitative estimate of drug-likeness (QED) is 0.706. The summed E-state index contributed by atoms with van der Waals surface area (Å²) in [6.07, 6.45) is 7.88. The third kappa shape index (κ3) is 5.95. The maximum absolute atomic E-state index is 12.5. The van der Waals surface area contributed by atoms with Crippen LogP contribution in [0, 0.1) is 13.8 Å². The van der Waals surface area contributed by atoms with E-state index in [0.717, 1.165) is 30.4 Å². The number of nitrogens with one attached hydrogen (secondary N) is 1. The maximum Gasteiger partial charge on any atom is 0.240 e. The van der Waals surface area contributed by atoms with Gasteiger partial charge in [0.05, 0.1) is 4.90 Å². The van der Waals surface area contributed by atoms with Crippen molar-refractivity contribution in [1.82, 2.24) is 9.62 Å². The smallest absolute Gasteiger partial charge is 0.240 e. The second kappa shape index (κ2) is 9.33. The highest BCUT2D eigenvalue weighted by molar-refractivity contribution is 7.89. The number of hydrogen-bond acceptors (Lipinski definition) is 3. The van der Waals surface area contributed by atoms with Crippen LogP contribution < -0.4 is 4.72 Å².